The van der Waals surface area contributed by atoms with Gasteiger partial charge < -0.3 is 10.2 Å². The monoisotopic (exact) mass is 267 g/mol. The fourth-order valence-corrected chi connectivity index (χ4v) is 2.35. The van der Waals surface area contributed by atoms with Gasteiger partial charge in [0.05, 0.1) is 0 Å². The summed E-state index contributed by atoms with van der Waals surface area (Å²) in [6, 6.07) is 4.31. The summed E-state index contributed by atoms with van der Waals surface area (Å²) < 4.78 is 0. The molecular weight excluding hydrogens is 242 g/mol. The molecule has 0 fully saturated rings. The van der Waals surface area contributed by atoms with Crippen molar-refractivity contribution >= 4 is 17.3 Å². The number of nitrogens with zero attached hydrogens (tertiary/aromatic N) is 2. The minimum absolute atomic E-state index is 0.919. The van der Waals surface area contributed by atoms with Crippen LogP contribution in [-0.2, 0) is 6.42 Å². The summed E-state index contributed by atoms with van der Waals surface area (Å²) in [6.07, 6.45) is 3.45. The Morgan fingerprint density at radius 2 is 2.28 bits per heavy atom. The highest BCUT2D eigenvalue weighted by molar-refractivity contribution is 7.09. The maximum Gasteiger partial charge on any atom is 0.193 e. The van der Waals surface area contributed by atoms with Crippen LogP contribution in [0.4, 0.5) is 0 Å². The molecule has 4 heteroatoms. The molecule has 1 heterocycles. The normalized spacial score (nSPS) is 11.6. The van der Waals surface area contributed by atoms with Crippen molar-refractivity contribution in [3.63, 3.8) is 0 Å². The summed E-state index contributed by atoms with van der Waals surface area (Å²) in [5.41, 5.74) is 0. The zero-order valence-electron chi connectivity index (χ0n) is 11.8. The maximum atomic E-state index is 4.64. The molecule has 0 aromatic carbocycles. The first-order chi connectivity index (χ1) is 8.77. The second-order valence-electron chi connectivity index (χ2n) is 4.34. The van der Waals surface area contributed by atoms with Crippen molar-refractivity contribution in [1.82, 2.24) is 10.2 Å². The Balaban J connectivity index is 2.42. The third-order valence-corrected chi connectivity index (χ3v) is 3.68. The van der Waals surface area contributed by atoms with Gasteiger partial charge in [-0.25, -0.2) is 0 Å². The van der Waals surface area contributed by atoms with Gasteiger partial charge in [0.1, 0.15) is 0 Å². The molecule has 18 heavy (non-hydrogen) atoms. The zero-order chi connectivity index (χ0) is 13.2. The second kappa shape index (κ2) is 8.97. The van der Waals surface area contributed by atoms with E-state index in [1.807, 2.05) is 11.3 Å². The third-order valence-electron chi connectivity index (χ3n) is 2.74. The smallest absolute Gasteiger partial charge is 0.193 e. The molecule has 0 unspecified atom stereocenters. The van der Waals surface area contributed by atoms with E-state index in [9.17, 15) is 0 Å². The maximum absolute atomic E-state index is 4.64. The summed E-state index contributed by atoms with van der Waals surface area (Å²) in [5.74, 6) is 1.03. The number of unbranched alkanes of at least 4 members (excludes halogenated alkanes) is 1. The largest absolute Gasteiger partial charge is 0.357 e. The molecule has 0 bridgehead atoms. The Labute approximate surface area is 115 Å². The highest BCUT2D eigenvalue weighted by atomic mass is 32.1. The lowest BCUT2D eigenvalue weighted by Gasteiger charge is -2.21. The van der Waals surface area contributed by atoms with Crippen LogP contribution in [0.25, 0.3) is 0 Å². The van der Waals surface area contributed by atoms with Gasteiger partial charge in [-0.2, -0.15) is 0 Å². The predicted molar refractivity (Wildman–Crippen MR) is 81.5 cm³/mol. The van der Waals surface area contributed by atoms with Crippen LogP contribution in [0.1, 0.15) is 31.6 Å². The fraction of sp³-hybridized carbons (Fsp3) is 0.643. The summed E-state index contributed by atoms with van der Waals surface area (Å²) in [7, 11) is 2.11. The molecule has 0 saturated carbocycles. The Bertz CT molecular complexity index is 333. The number of nitrogens with one attached hydrogen (secondary N) is 1. The highest BCUT2D eigenvalue weighted by Gasteiger charge is 2.05. The number of likely N-dealkylation sites (N-methyl/N-ethyl adjacent to an activating group) is 1. The van der Waals surface area contributed by atoms with Gasteiger partial charge in [0.15, 0.2) is 5.96 Å². The summed E-state index contributed by atoms with van der Waals surface area (Å²) in [4.78, 5) is 8.30. The van der Waals surface area contributed by atoms with Crippen LogP contribution < -0.4 is 5.32 Å². The van der Waals surface area contributed by atoms with Crippen LogP contribution in [0, 0.1) is 0 Å². The van der Waals surface area contributed by atoms with Gasteiger partial charge in [-0.05, 0) is 31.2 Å². The van der Waals surface area contributed by atoms with Crippen molar-refractivity contribution in [1.29, 1.82) is 0 Å². The second-order valence-corrected chi connectivity index (χ2v) is 5.37. The van der Waals surface area contributed by atoms with Gasteiger partial charge in [0, 0.05) is 31.6 Å². The minimum atomic E-state index is 0.919. The van der Waals surface area contributed by atoms with Gasteiger partial charge in [-0.3, -0.25) is 4.99 Å². The molecule has 0 radical (unpaired) electrons. The molecule has 0 aliphatic rings. The molecular formula is C14H25N3S. The molecule has 3 nitrogen and oxygen atoms in total. The average molecular weight is 267 g/mol. The SMILES string of the molecule is CCCCN=C(NCC)N(C)CCc1cccs1. The van der Waals surface area contributed by atoms with Crippen LogP contribution in [0.2, 0.25) is 0 Å². The molecule has 0 amide bonds. The highest BCUT2D eigenvalue weighted by Crippen LogP contribution is 2.09. The van der Waals surface area contributed by atoms with Crippen molar-refractivity contribution in [3.8, 4) is 0 Å². The van der Waals surface area contributed by atoms with Gasteiger partial charge >= 0.3 is 0 Å². The van der Waals surface area contributed by atoms with Crippen molar-refractivity contribution in [2.24, 2.45) is 4.99 Å². The van der Waals surface area contributed by atoms with Crippen LogP contribution in [0.3, 0.4) is 0 Å². The molecule has 102 valence electrons. The quantitative estimate of drug-likeness (QED) is 0.467. The lowest BCUT2D eigenvalue weighted by atomic mass is 10.3. The Kier molecular flexibility index (Phi) is 7.49. The molecule has 0 aliphatic carbocycles. The van der Waals surface area contributed by atoms with E-state index in [0.717, 1.165) is 38.4 Å². The van der Waals surface area contributed by atoms with Crippen LogP contribution in [0.5, 0.6) is 0 Å². The lowest BCUT2D eigenvalue weighted by molar-refractivity contribution is 0.486. The number of rotatable bonds is 7. The molecule has 0 aliphatic heterocycles. The summed E-state index contributed by atoms with van der Waals surface area (Å²) in [6.45, 7) is 7.17. The van der Waals surface area contributed by atoms with Crippen molar-refractivity contribution in [2.75, 3.05) is 26.7 Å². The van der Waals surface area contributed by atoms with E-state index >= 15 is 0 Å². The number of aliphatic imine (C=N–C) groups is 1. The number of thiophene rings is 1. The number of hydrogen-bond acceptors (Lipinski definition) is 2. The van der Waals surface area contributed by atoms with E-state index in [1.165, 1.54) is 11.3 Å². The first-order valence-electron chi connectivity index (χ1n) is 6.79. The fourth-order valence-electron chi connectivity index (χ4n) is 1.65. The first kappa shape index (κ1) is 15.0. The van der Waals surface area contributed by atoms with Crippen molar-refractivity contribution < 1.29 is 0 Å². The first-order valence-corrected chi connectivity index (χ1v) is 7.67. The molecule has 0 saturated heterocycles. The van der Waals surface area contributed by atoms with E-state index in [0.29, 0.717) is 0 Å². The number of hydrogen-bond donors (Lipinski definition) is 1. The molecule has 0 spiro atoms. The average Bonchev–Trinajstić information content (AvgIpc) is 2.88. The summed E-state index contributed by atoms with van der Waals surface area (Å²) >= 11 is 1.82. The van der Waals surface area contributed by atoms with E-state index in [4.69, 9.17) is 0 Å². The van der Waals surface area contributed by atoms with Gasteiger partial charge in [0.25, 0.3) is 0 Å². The zero-order valence-corrected chi connectivity index (χ0v) is 12.6. The third kappa shape index (κ3) is 5.54. The van der Waals surface area contributed by atoms with E-state index in [-0.39, 0.29) is 0 Å². The lowest BCUT2D eigenvalue weighted by Crippen LogP contribution is -2.40. The predicted octanol–water partition coefficient (Wildman–Crippen LogP) is 2.99. The topological polar surface area (TPSA) is 27.6 Å². The van der Waals surface area contributed by atoms with Gasteiger partial charge in [-0.1, -0.05) is 19.4 Å². The Morgan fingerprint density at radius 1 is 1.44 bits per heavy atom. The Morgan fingerprint density at radius 3 is 2.89 bits per heavy atom. The van der Waals surface area contributed by atoms with Gasteiger partial charge in [0.2, 0.25) is 0 Å². The van der Waals surface area contributed by atoms with Crippen LogP contribution in [-0.4, -0.2) is 37.5 Å². The summed E-state index contributed by atoms with van der Waals surface area (Å²) in [5, 5.41) is 5.49. The molecule has 1 N–H and O–H groups in total. The minimum Gasteiger partial charge on any atom is -0.357 e. The van der Waals surface area contributed by atoms with E-state index in [2.05, 4.69) is 53.6 Å². The van der Waals surface area contributed by atoms with Crippen molar-refractivity contribution in [2.45, 2.75) is 33.1 Å². The molecule has 1 aromatic heterocycles. The standard InChI is InChI=1S/C14H25N3S/c1-4-6-10-16-14(15-5-2)17(3)11-9-13-8-7-12-18-13/h7-8,12H,4-6,9-11H2,1-3H3,(H,15,16). The Hall–Kier alpha value is -1.03. The van der Waals surface area contributed by atoms with E-state index in [1.54, 1.807) is 0 Å². The number of guanidine groups is 1. The van der Waals surface area contributed by atoms with Crippen LogP contribution in [0.15, 0.2) is 22.5 Å². The van der Waals surface area contributed by atoms with Crippen LogP contribution >= 0.6 is 11.3 Å². The molecule has 1 aromatic rings. The molecule has 1 rings (SSSR count). The molecule has 0 atom stereocenters. The van der Waals surface area contributed by atoms with Gasteiger partial charge in [-0.15, -0.1) is 11.3 Å². The van der Waals surface area contributed by atoms with Crippen molar-refractivity contribution in [3.05, 3.63) is 22.4 Å². The van der Waals surface area contributed by atoms with E-state index < -0.39 is 0 Å².